The van der Waals surface area contributed by atoms with Crippen molar-refractivity contribution in [3.8, 4) is 0 Å². The summed E-state index contributed by atoms with van der Waals surface area (Å²) in [5, 5.41) is 1.18. The van der Waals surface area contributed by atoms with Crippen LogP contribution in [-0.2, 0) is 13.5 Å². The number of nitrogens with zero attached hydrogens (tertiary/aromatic N) is 4. The van der Waals surface area contributed by atoms with Crippen molar-refractivity contribution in [3.05, 3.63) is 60.3 Å². The Hall–Kier alpha value is -2.69. The lowest BCUT2D eigenvalue weighted by Crippen LogP contribution is -2.40. The zero-order valence-corrected chi connectivity index (χ0v) is 14.4. The zero-order chi connectivity index (χ0) is 17.2. The third-order valence-corrected chi connectivity index (χ3v) is 4.90. The van der Waals surface area contributed by atoms with Gasteiger partial charge in [-0.05, 0) is 42.9 Å². The summed E-state index contributed by atoms with van der Waals surface area (Å²) in [6, 6.07) is 10.4. The molecule has 128 valence electrons. The van der Waals surface area contributed by atoms with Gasteiger partial charge < -0.3 is 9.47 Å². The average Bonchev–Trinajstić information content (AvgIpc) is 3.07. The maximum Gasteiger partial charge on any atom is 0.274 e. The SMILES string of the molecule is Cn1cnc(C(=O)N2CCC[C@@H](Cc3cnc4ccccc4c3)C2)c1. The van der Waals surface area contributed by atoms with E-state index in [0.29, 0.717) is 11.6 Å². The Morgan fingerprint density at radius 1 is 1.28 bits per heavy atom. The second-order valence-electron chi connectivity index (χ2n) is 6.92. The van der Waals surface area contributed by atoms with Gasteiger partial charge in [0.2, 0.25) is 0 Å². The summed E-state index contributed by atoms with van der Waals surface area (Å²) in [6.07, 6.45) is 8.60. The Labute approximate surface area is 147 Å². The number of rotatable bonds is 3. The summed E-state index contributed by atoms with van der Waals surface area (Å²) in [4.78, 5) is 23.3. The quantitative estimate of drug-likeness (QED) is 0.740. The van der Waals surface area contributed by atoms with E-state index in [1.165, 1.54) is 10.9 Å². The van der Waals surface area contributed by atoms with Crippen LogP contribution < -0.4 is 0 Å². The monoisotopic (exact) mass is 334 g/mol. The molecule has 0 aliphatic carbocycles. The Kier molecular flexibility index (Phi) is 4.22. The lowest BCUT2D eigenvalue weighted by Gasteiger charge is -2.32. The van der Waals surface area contributed by atoms with Crippen molar-refractivity contribution >= 4 is 16.8 Å². The van der Waals surface area contributed by atoms with Gasteiger partial charge in [-0.2, -0.15) is 0 Å². The van der Waals surface area contributed by atoms with Gasteiger partial charge in [0.15, 0.2) is 0 Å². The molecular weight excluding hydrogens is 312 g/mol. The van der Waals surface area contributed by atoms with Crippen molar-refractivity contribution in [2.45, 2.75) is 19.3 Å². The summed E-state index contributed by atoms with van der Waals surface area (Å²) < 4.78 is 1.81. The lowest BCUT2D eigenvalue weighted by atomic mass is 9.91. The van der Waals surface area contributed by atoms with E-state index in [1.54, 1.807) is 12.5 Å². The topological polar surface area (TPSA) is 51.0 Å². The van der Waals surface area contributed by atoms with Gasteiger partial charge >= 0.3 is 0 Å². The molecule has 1 aliphatic heterocycles. The first-order chi connectivity index (χ1) is 12.2. The molecule has 3 heterocycles. The molecule has 5 nitrogen and oxygen atoms in total. The summed E-state index contributed by atoms with van der Waals surface area (Å²) >= 11 is 0. The van der Waals surface area contributed by atoms with E-state index in [2.05, 4.69) is 22.1 Å². The van der Waals surface area contributed by atoms with E-state index >= 15 is 0 Å². The number of fused-ring (bicyclic) bond motifs is 1. The van der Waals surface area contributed by atoms with E-state index in [9.17, 15) is 4.79 Å². The minimum atomic E-state index is 0.0435. The van der Waals surface area contributed by atoms with Crippen LogP contribution in [0, 0.1) is 5.92 Å². The van der Waals surface area contributed by atoms with Crippen molar-refractivity contribution in [1.29, 1.82) is 0 Å². The average molecular weight is 334 g/mol. The molecule has 0 N–H and O–H groups in total. The van der Waals surface area contributed by atoms with Gasteiger partial charge in [0.25, 0.3) is 5.91 Å². The molecule has 1 saturated heterocycles. The minimum absolute atomic E-state index is 0.0435. The molecule has 1 amide bonds. The van der Waals surface area contributed by atoms with E-state index in [4.69, 9.17) is 0 Å². The maximum atomic E-state index is 12.6. The molecule has 0 unspecified atom stereocenters. The van der Waals surface area contributed by atoms with Gasteiger partial charge in [-0.1, -0.05) is 18.2 Å². The largest absolute Gasteiger partial charge is 0.340 e. The van der Waals surface area contributed by atoms with Crippen molar-refractivity contribution < 1.29 is 4.79 Å². The van der Waals surface area contributed by atoms with Crippen LogP contribution in [0.2, 0.25) is 0 Å². The molecule has 1 fully saturated rings. The number of benzene rings is 1. The molecule has 0 spiro atoms. The number of para-hydroxylation sites is 1. The van der Waals surface area contributed by atoms with Gasteiger partial charge in [-0.3, -0.25) is 9.78 Å². The van der Waals surface area contributed by atoms with Crippen molar-refractivity contribution in [2.75, 3.05) is 13.1 Å². The van der Waals surface area contributed by atoms with E-state index in [1.807, 2.05) is 40.9 Å². The molecule has 0 radical (unpaired) electrons. The van der Waals surface area contributed by atoms with Crippen LogP contribution in [0.1, 0.15) is 28.9 Å². The molecule has 5 heteroatoms. The predicted molar refractivity (Wildman–Crippen MR) is 97.3 cm³/mol. The number of hydrogen-bond donors (Lipinski definition) is 0. The molecule has 0 saturated carbocycles. The highest BCUT2D eigenvalue weighted by molar-refractivity contribution is 5.92. The Balaban J connectivity index is 1.46. The van der Waals surface area contributed by atoms with Gasteiger partial charge in [-0.15, -0.1) is 0 Å². The van der Waals surface area contributed by atoms with E-state index in [-0.39, 0.29) is 5.91 Å². The van der Waals surface area contributed by atoms with Crippen LogP contribution in [0.3, 0.4) is 0 Å². The predicted octanol–water partition coefficient (Wildman–Crippen LogP) is 3.06. The number of piperidine rings is 1. The smallest absolute Gasteiger partial charge is 0.274 e. The second-order valence-corrected chi connectivity index (χ2v) is 6.92. The number of amides is 1. The molecule has 1 aromatic carbocycles. The molecule has 1 atom stereocenters. The van der Waals surface area contributed by atoms with Gasteiger partial charge in [0, 0.05) is 37.9 Å². The summed E-state index contributed by atoms with van der Waals surface area (Å²) in [5.74, 6) is 0.520. The summed E-state index contributed by atoms with van der Waals surface area (Å²) in [7, 11) is 1.88. The summed E-state index contributed by atoms with van der Waals surface area (Å²) in [6.45, 7) is 1.62. The zero-order valence-electron chi connectivity index (χ0n) is 14.4. The fraction of sp³-hybridized carbons (Fsp3) is 0.350. The Bertz CT molecular complexity index is 901. The number of aryl methyl sites for hydroxylation is 1. The minimum Gasteiger partial charge on any atom is -0.340 e. The van der Waals surface area contributed by atoms with Crippen molar-refractivity contribution in [2.24, 2.45) is 13.0 Å². The third-order valence-electron chi connectivity index (χ3n) is 4.90. The van der Waals surface area contributed by atoms with Crippen LogP contribution in [0.4, 0.5) is 0 Å². The van der Waals surface area contributed by atoms with Gasteiger partial charge in [0.1, 0.15) is 5.69 Å². The van der Waals surface area contributed by atoms with Crippen LogP contribution >= 0.6 is 0 Å². The molecular formula is C20H22N4O. The van der Waals surface area contributed by atoms with Crippen LogP contribution in [0.5, 0.6) is 0 Å². The fourth-order valence-corrected chi connectivity index (χ4v) is 3.66. The number of hydrogen-bond acceptors (Lipinski definition) is 3. The van der Waals surface area contributed by atoms with Crippen molar-refractivity contribution in [3.63, 3.8) is 0 Å². The lowest BCUT2D eigenvalue weighted by molar-refractivity contribution is 0.0668. The van der Waals surface area contributed by atoms with Crippen molar-refractivity contribution in [1.82, 2.24) is 19.4 Å². The normalized spacial score (nSPS) is 17.8. The number of likely N-dealkylation sites (tertiary alicyclic amines) is 1. The molecule has 2 aromatic heterocycles. The maximum absolute atomic E-state index is 12.6. The first-order valence-electron chi connectivity index (χ1n) is 8.80. The highest BCUT2D eigenvalue weighted by Gasteiger charge is 2.25. The number of aromatic nitrogens is 3. The molecule has 1 aliphatic rings. The number of pyridine rings is 1. The van der Waals surface area contributed by atoms with Crippen LogP contribution in [0.25, 0.3) is 10.9 Å². The van der Waals surface area contributed by atoms with Crippen LogP contribution in [0.15, 0.2) is 49.1 Å². The number of imidazole rings is 1. The highest BCUT2D eigenvalue weighted by Crippen LogP contribution is 2.23. The third kappa shape index (κ3) is 3.40. The number of carbonyl (C=O) groups excluding carboxylic acids is 1. The first-order valence-corrected chi connectivity index (χ1v) is 8.80. The fourth-order valence-electron chi connectivity index (χ4n) is 3.66. The van der Waals surface area contributed by atoms with Gasteiger partial charge in [0.05, 0.1) is 11.8 Å². The van der Waals surface area contributed by atoms with Gasteiger partial charge in [-0.25, -0.2) is 4.98 Å². The molecule has 0 bridgehead atoms. The standard InChI is InChI=1S/C20H22N4O/c1-23-13-19(22-14-23)20(25)24-8-4-5-15(12-24)9-16-10-17-6-2-3-7-18(17)21-11-16/h2-3,6-7,10-11,13-15H,4-5,8-9,12H2,1H3/t15-/m0/s1. The van der Waals surface area contributed by atoms with E-state index in [0.717, 1.165) is 37.9 Å². The molecule has 25 heavy (non-hydrogen) atoms. The second kappa shape index (κ2) is 6.67. The highest BCUT2D eigenvalue weighted by atomic mass is 16.2. The summed E-state index contributed by atoms with van der Waals surface area (Å²) in [5.41, 5.74) is 2.81. The number of carbonyl (C=O) groups is 1. The van der Waals surface area contributed by atoms with E-state index < -0.39 is 0 Å². The first kappa shape index (κ1) is 15.8. The molecule has 4 rings (SSSR count). The molecule has 3 aromatic rings. The Morgan fingerprint density at radius 3 is 3.00 bits per heavy atom. The van der Waals surface area contributed by atoms with Crippen LogP contribution in [-0.4, -0.2) is 38.4 Å². The Morgan fingerprint density at radius 2 is 2.16 bits per heavy atom.